The van der Waals surface area contributed by atoms with Gasteiger partial charge in [-0.25, -0.2) is 9.97 Å². The van der Waals surface area contributed by atoms with E-state index >= 15 is 0 Å². The van der Waals surface area contributed by atoms with Crippen molar-refractivity contribution in [2.24, 2.45) is 4.99 Å². The molecule has 0 saturated carbocycles. The number of hydrogen-bond acceptors (Lipinski definition) is 4. The van der Waals surface area contributed by atoms with Crippen molar-refractivity contribution in [1.82, 2.24) is 19.9 Å². The molecule has 2 aromatic rings. The molecule has 0 aliphatic carbocycles. The molecule has 134 valence electrons. The number of aromatic nitrogens is 3. The third kappa shape index (κ3) is 6.03. The molecule has 0 spiro atoms. The van der Waals surface area contributed by atoms with Gasteiger partial charge >= 0.3 is 0 Å². The van der Waals surface area contributed by atoms with Gasteiger partial charge in [0, 0.05) is 18.6 Å². The molecule has 5 nitrogen and oxygen atoms in total. The molecule has 0 saturated heterocycles. The summed E-state index contributed by atoms with van der Waals surface area (Å²) in [6.07, 6.45) is 13.9. The van der Waals surface area contributed by atoms with Gasteiger partial charge in [0.15, 0.2) is 5.65 Å². The maximum atomic E-state index is 4.42. The van der Waals surface area contributed by atoms with E-state index in [9.17, 15) is 0 Å². The van der Waals surface area contributed by atoms with Crippen LogP contribution < -0.4 is 0 Å². The van der Waals surface area contributed by atoms with Crippen LogP contribution in [-0.4, -0.2) is 31.7 Å². The van der Waals surface area contributed by atoms with E-state index in [1.807, 2.05) is 82.3 Å². The Hall–Kier alpha value is -2.69. The second-order valence-corrected chi connectivity index (χ2v) is 4.87. The van der Waals surface area contributed by atoms with Crippen LogP contribution in [-0.2, 0) is 0 Å². The van der Waals surface area contributed by atoms with Gasteiger partial charge in [-0.15, -0.1) is 0 Å². The molecule has 2 aromatic heterocycles. The number of aliphatic imine (C=N–C) groups is 1. The summed E-state index contributed by atoms with van der Waals surface area (Å²) >= 11 is 0. The molecule has 0 fully saturated rings. The van der Waals surface area contributed by atoms with E-state index in [1.54, 1.807) is 6.20 Å². The second-order valence-electron chi connectivity index (χ2n) is 4.87. The monoisotopic (exact) mass is 339 g/mol. The number of nitrogens with zero attached hydrogens (tertiary/aromatic N) is 4. The van der Waals surface area contributed by atoms with Crippen LogP contribution in [0.25, 0.3) is 11.2 Å². The number of pyridine rings is 1. The van der Waals surface area contributed by atoms with Crippen molar-refractivity contribution < 1.29 is 0 Å². The zero-order valence-electron chi connectivity index (χ0n) is 16.1. The maximum Gasteiger partial charge on any atom is 0.177 e. The van der Waals surface area contributed by atoms with E-state index < -0.39 is 0 Å². The van der Waals surface area contributed by atoms with Crippen LogP contribution in [0.2, 0.25) is 0 Å². The fraction of sp³-hybridized carbons (Fsp3) is 0.350. The average molecular weight is 339 g/mol. The molecule has 0 aromatic carbocycles. The Morgan fingerprint density at radius 1 is 1.08 bits per heavy atom. The number of hydrogen-bond donors (Lipinski definition) is 1. The molecule has 5 heteroatoms. The van der Waals surface area contributed by atoms with Crippen LogP contribution in [0.4, 0.5) is 0 Å². The second kappa shape index (κ2) is 11.0. The lowest BCUT2D eigenvalue weighted by molar-refractivity contribution is 0.702. The number of fused-ring (bicyclic) bond motifs is 2. The van der Waals surface area contributed by atoms with Crippen molar-refractivity contribution in [2.75, 3.05) is 0 Å². The summed E-state index contributed by atoms with van der Waals surface area (Å²) in [5, 5.41) is 0. The smallest absolute Gasteiger partial charge is 0.177 e. The number of rotatable bonds is 0. The van der Waals surface area contributed by atoms with E-state index in [-0.39, 0.29) is 0 Å². The van der Waals surface area contributed by atoms with Gasteiger partial charge in [-0.05, 0) is 44.2 Å². The number of imidazole rings is 1. The minimum Gasteiger partial charge on any atom is -0.341 e. The number of nitrogens with one attached hydrogen (secondary N) is 1. The Bertz CT molecular complexity index is 719. The van der Waals surface area contributed by atoms with Crippen LogP contribution in [0, 0.1) is 6.92 Å². The summed E-state index contributed by atoms with van der Waals surface area (Å²) in [6.45, 7) is 12.0. The third-order valence-electron chi connectivity index (χ3n) is 3.10. The van der Waals surface area contributed by atoms with Gasteiger partial charge in [0.2, 0.25) is 0 Å². The van der Waals surface area contributed by atoms with Gasteiger partial charge < -0.3 is 9.88 Å². The summed E-state index contributed by atoms with van der Waals surface area (Å²) in [5.41, 5.74) is 1.79. The highest BCUT2D eigenvalue weighted by Crippen LogP contribution is 2.11. The van der Waals surface area contributed by atoms with Crippen LogP contribution in [0.3, 0.4) is 0 Å². The van der Waals surface area contributed by atoms with Crippen molar-refractivity contribution in [2.45, 2.75) is 47.6 Å². The van der Waals surface area contributed by atoms with Gasteiger partial charge in [-0.2, -0.15) is 0 Å². The number of allylic oxidation sites excluding steroid dienone is 2. The molecule has 4 heterocycles. The summed E-state index contributed by atoms with van der Waals surface area (Å²) in [6, 6.07) is 4.17. The maximum absolute atomic E-state index is 4.42. The molecular formula is C20H29N5. The topological polar surface area (TPSA) is 57.2 Å². The lowest BCUT2D eigenvalue weighted by Gasteiger charge is -2.22. The van der Waals surface area contributed by atoms with Gasteiger partial charge in [0.1, 0.15) is 11.7 Å². The highest BCUT2D eigenvalue weighted by atomic mass is 15.2. The highest BCUT2D eigenvalue weighted by Gasteiger charge is 2.10. The SMILES string of the molecule is CC.CC.CC1C=CN2C=CC=CC2=N1.Cc1nc2ncccc2[nH]1. The van der Waals surface area contributed by atoms with E-state index in [0.29, 0.717) is 6.04 Å². The largest absolute Gasteiger partial charge is 0.341 e. The first-order valence-electron chi connectivity index (χ1n) is 8.89. The lowest BCUT2D eigenvalue weighted by Crippen LogP contribution is -2.24. The molecule has 1 atom stereocenters. The summed E-state index contributed by atoms with van der Waals surface area (Å²) in [5.74, 6) is 1.94. The molecule has 2 aliphatic heterocycles. The minimum absolute atomic E-state index is 0.317. The Balaban J connectivity index is 0.000000210. The van der Waals surface area contributed by atoms with Crippen LogP contribution in [0.1, 0.15) is 40.4 Å². The molecule has 1 N–H and O–H groups in total. The van der Waals surface area contributed by atoms with Crippen molar-refractivity contribution in [3.63, 3.8) is 0 Å². The third-order valence-corrected chi connectivity index (χ3v) is 3.10. The quantitative estimate of drug-likeness (QED) is 0.734. The molecule has 4 rings (SSSR count). The van der Waals surface area contributed by atoms with Crippen molar-refractivity contribution in [1.29, 1.82) is 0 Å². The van der Waals surface area contributed by atoms with Crippen molar-refractivity contribution >= 4 is 17.0 Å². The zero-order valence-corrected chi connectivity index (χ0v) is 16.1. The van der Waals surface area contributed by atoms with Gasteiger partial charge in [0.05, 0.1) is 11.6 Å². The zero-order chi connectivity index (χ0) is 18.7. The van der Waals surface area contributed by atoms with Gasteiger partial charge in [-0.1, -0.05) is 33.8 Å². The lowest BCUT2D eigenvalue weighted by atomic mass is 10.2. The van der Waals surface area contributed by atoms with Crippen LogP contribution in [0.15, 0.2) is 60.0 Å². The fourth-order valence-electron chi connectivity index (χ4n) is 2.12. The number of H-pyrrole nitrogens is 1. The first-order valence-corrected chi connectivity index (χ1v) is 8.89. The number of amidine groups is 1. The van der Waals surface area contributed by atoms with Gasteiger partial charge in [0.25, 0.3) is 0 Å². The van der Waals surface area contributed by atoms with E-state index in [1.165, 1.54) is 0 Å². The van der Waals surface area contributed by atoms with Crippen molar-refractivity contribution in [3.05, 3.63) is 60.9 Å². The normalized spacial score (nSPS) is 16.5. The Labute approximate surface area is 150 Å². The molecule has 0 radical (unpaired) electrons. The Morgan fingerprint density at radius 3 is 2.56 bits per heavy atom. The van der Waals surface area contributed by atoms with E-state index in [2.05, 4.69) is 32.9 Å². The molecule has 0 amide bonds. The van der Waals surface area contributed by atoms with E-state index in [4.69, 9.17) is 0 Å². The summed E-state index contributed by atoms with van der Waals surface area (Å²) in [4.78, 5) is 17.7. The fourth-order valence-corrected chi connectivity index (χ4v) is 2.12. The summed E-state index contributed by atoms with van der Waals surface area (Å²) in [7, 11) is 0. The first-order chi connectivity index (χ1) is 12.2. The number of aromatic amines is 1. The van der Waals surface area contributed by atoms with E-state index in [0.717, 1.165) is 22.8 Å². The van der Waals surface area contributed by atoms with Crippen LogP contribution >= 0.6 is 0 Å². The summed E-state index contributed by atoms with van der Waals surface area (Å²) < 4.78 is 0. The molecule has 25 heavy (non-hydrogen) atoms. The number of aryl methyl sites for hydroxylation is 1. The predicted octanol–water partition coefficient (Wildman–Crippen LogP) is 5.00. The molecule has 2 aliphatic rings. The first kappa shape index (κ1) is 20.4. The minimum atomic E-state index is 0.317. The van der Waals surface area contributed by atoms with Crippen LogP contribution in [0.5, 0.6) is 0 Å². The van der Waals surface area contributed by atoms with Gasteiger partial charge in [-0.3, -0.25) is 4.99 Å². The highest BCUT2D eigenvalue weighted by molar-refractivity contribution is 5.96. The molecule has 0 bridgehead atoms. The predicted molar refractivity (Wildman–Crippen MR) is 107 cm³/mol. The molecule has 1 unspecified atom stereocenters. The average Bonchev–Trinajstić information content (AvgIpc) is 3.05. The standard InChI is InChI=1S/C9H10N2.C7H7N3.2C2H6/c1-8-5-7-11-6-3-2-4-9(11)10-8;1-5-9-6-3-2-4-8-7(6)10-5;2*1-2/h2-8H,1H3;2-4H,1H3,(H,8,9,10);2*1-2H3. The Kier molecular flexibility index (Phi) is 8.93. The Morgan fingerprint density at radius 2 is 1.84 bits per heavy atom. The van der Waals surface area contributed by atoms with Crippen molar-refractivity contribution in [3.8, 4) is 0 Å². The molecular weight excluding hydrogens is 310 g/mol.